The average Bonchev–Trinajstić information content (AvgIpc) is 2.94. The summed E-state index contributed by atoms with van der Waals surface area (Å²) in [5.41, 5.74) is -0.537. The standard InChI is InChI=1S/C20H24ClN3O6/c1-12-5-3-4-8-20(12)18(27)24(19(28)23-20)10-17(26)30-11-16(25)22-13-6-7-15(29-2)14(21)9-13/h6-7,9,12H,3-5,8,10-11H2,1-2H3,(H,22,25)(H,23,28). The Labute approximate surface area is 179 Å². The van der Waals surface area contributed by atoms with E-state index in [1.807, 2.05) is 6.92 Å². The summed E-state index contributed by atoms with van der Waals surface area (Å²) in [6.07, 6.45) is 3.23. The van der Waals surface area contributed by atoms with Crippen LogP contribution >= 0.6 is 11.6 Å². The first-order chi connectivity index (χ1) is 14.3. The van der Waals surface area contributed by atoms with E-state index in [2.05, 4.69) is 10.6 Å². The van der Waals surface area contributed by atoms with Crippen molar-refractivity contribution in [3.8, 4) is 5.75 Å². The second kappa shape index (κ2) is 8.91. The molecule has 1 saturated carbocycles. The maximum Gasteiger partial charge on any atom is 0.326 e. The molecule has 2 aliphatic rings. The van der Waals surface area contributed by atoms with Gasteiger partial charge in [0.15, 0.2) is 6.61 Å². The first-order valence-corrected chi connectivity index (χ1v) is 10.1. The normalized spacial score (nSPS) is 23.3. The highest BCUT2D eigenvalue weighted by Gasteiger charge is 2.55. The topological polar surface area (TPSA) is 114 Å². The Morgan fingerprint density at radius 3 is 2.77 bits per heavy atom. The largest absolute Gasteiger partial charge is 0.495 e. The lowest BCUT2D eigenvalue weighted by atomic mass is 9.73. The number of urea groups is 1. The summed E-state index contributed by atoms with van der Waals surface area (Å²) in [6.45, 7) is 0.823. The minimum Gasteiger partial charge on any atom is -0.495 e. The smallest absolute Gasteiger partial charge is 0.326 e. The van der Waals surface area contributed by atoms with Gasteiger partial charge in [0.25, 0.3) is 11.8 Å². The van der Waals surface area contributed by atoms with E-state index in [0.29, 0.717) is 22.9 Å². The molecular weight excluding hydrogens is 414 g/mol. The van der Waals surface area contributed by atoms with Gasteiger partial charge in [-0.25, -0.2) is 4.79 Å². The monoisotopic (exact) mass is 437 g/mol. The Morgan fingerprint density at radius 2 is 2.10 bits per heavy atom. The van der Waals surface area contributed by atoms with Gasteiger partial charge in [-0.3, -0.25) is 19.3 Å². The van der Waals surface area contributed by atoms with Crippen LogP contribution in [0.1, 0.15) is 32.6 Å². The fourth-order valence-corrected chi connectivity index (χ4v) is 4.16. The zero-order valence-corrected chi connectivity index (χ0v) is 17.6. The molecule has 3 rings (SSSR count). The van der Waals surface area contributed by atoms with Crippen molar-refractivity contribution in [2.24, 2.45) is 5.92 Å². The van der Waals surface area contributed by atoms with Gasteiger partial charge in [0, 0.05) is 5.69 Å². The van der Waals surface area contributed by atoms with Crippen LogP contribution in [0.2, 0.25) is 5.02 Å². The molecule has 0 aromatic heterocycles. The number of amides is 4. The van der Waals surface area contributed by atoms with Crippen LogP contribution in [0.3, 0.4) is 0 Å². The van der Waals surface area contributed by atoms with Crippen molar-refractivity contribution in [2.75, 3.05) is 25.6 Å². The average molecular weight is 438 g/mol. The van der Waals surface area contributed by atoms with Gasteiger partial charge >= 0.3 is 12.0 Å². The summed E-state index contributed by atoms with van der Waals surface area (Å²) in [5.74, 6) is -1.39. The van der Waals surface area contributed by atoms with Crippen LogP contribution in [0, 0.1) is 5.92 Å². The van der Waals surface area contributed by atoms with E-state index in [1.165, 1.54) is 13.2 Å². The van der Waals surface area contributed by atoms with E-state index >= 15 is 0 Å². The third-order valence-corrected chi connectivity index (χ3v) is 5.88. The van der Waals surface area contributed by atoms with Gasteiger partial charge in [0.05, 0.1) is 12.1 Å². The van der Waals surface area contributed by atoms with Gasteiger partial charge in [-0.2, -0.15) is 0 Å². The number of carbonyl (C=O) groups excluding carboxylic acids is 4. The van der Waals surface area contributed by atoms with Crippen LogP contribution in [0.15, 0.2) is 18.2 Å². The number of nitrogens with one attached hydrogen (secondary N) is 2. The molecule has 0 radical (unpaired) electrons. The number of halogens is 1. The molecule has 1 spiro atoms. The van der Waals surface area contributed by atoms with Gasteiger partial charge in [0.1, 0.15) is 17.8 Å². The van der Waals surface area contributed by atoms with Crippen molar-refractivity contribution in [3.63, 3.8) is 0 Å². The minimum atomic E-state index is -0.944. The number of hydrogen-bond acceptors (Lipinski definition) is 6. The predicted molar refractivity (Wildman–Crippen MR) is 108 cm³/mol. The lowest BCUT2D eigenvalue weighted by Gasteiger charge is -2.36. The third-order valence-electron chi connectivity index (χ3n) is 5.59. The number of esters is 1. The first kappa shape index (κ1) is 21.9. The summed E-state index contributed by atoms with van der Waals surface area (Å²) < 4.78 is 9.96. The molecule has 30 heavy (non-hydrogen) atoms. The second-order valence-corrected chi connectivity index (χ2v) is 7.91. The summed E-state index contributed by atoms with van der Waals surface area (Å²) in [7, 11) is 1.47. The van der Waals surface area contributed by atoms with Gasteiger partial charge in [-0.05, 0) is 37.0 Å². The van der Waals surface area contributed by atoms with Crippen LogP contribution in [0.4, 0.5) is 10.5 Å². The van der Waals surface area contributed by atoms with Crippen molar-refractivity contribution in [1.82, 2.24) is 10.2 Å². The van der Waals surface area contributed by atoms with Crippen molar-refractivity contribution in [2.45, 2.75) is 38.1 Å². The maximum atomic E-state index is 12.8. The molecule has 1 aliphatic carbocycles. The Bertz CT molecular complexity index is 876. The number of methoxy groups -OCH3 is 1. The fraction of sp³-hybridized carbons (Fsp3) is 0.500. The first-order valence-electron chi connectivity index (χ1n) is 9.70. The molecular formula is C20H24ClN3O6. The van der Waals surface area contributed by atoms with E-state index < -0.39 is 42.5 Å². The summed E-state index contributed by atoms with van der Waals surface area (Å²) in [6, 6.07) is 4.06. The molecule has 1 aliphatic heterocycles. The van der Waals surface area contributed by atoms with Crippen molar-refractivity contribution in [3.05, 3.63) is 23.2 Å². The molecule has 1 saturated heterocycles. The van der Waals surface area contributed by atoms with Crippen LogP contribution in [0.25, 0.3) is 0 Å². The van der Waals surface area contributed by atoms with Crippen LogP contribution in [0.5, 0.6) is 5.75 Å². The molecule has 10 heteroatoms. The molecule has 9 nitrogen and oxygen atoms in total. The van der Waals surface area contributed by atoms with Crippen LogP contribution in [-0.2, 0) is 19.1 Å². The van der Waals surface area contributed by atoms with E-state index in [-0.39, 0.29) is 5.92 Å². The molecule has 0 bridgehead atoms. The summed E-state index contributed by atoms with van der Waals surface area (Å²) >= 11 is 6.00. The number of carbonyl (C=O) groups is 4. The molecule has 2 fully saturated rings. The molecule has 2 atom stereocenters. The fourth-order valence-electron chi connectivity index (χ4n) is 3.90. The minimum absolute atomic E-state index is 0.00850. The Balaban J connectivity index is 1.52. The number of hydrogen-bond donors (Lipinski definition) is 2. The lowest BCUT2D eigenvalue weighted by Crippen LogP contribution is -2.54. The number of rotatable bonds is 6. The highest BCUT2D eigenvalue weighted by Crippen LogP contribution is 2.38. The third kappa shape index (κ3) is 4.35. The molecule has 2 unspecified atom stereocenters. The predicted octanol–water partition coefficient (Wildman–Crippen LogP) is 2.33. The number of benzene rings is 1. The Kier molecular flexibility index (Phi) is 6.50. The molecule has 1 aromatic carbocycles. The van der Waals surface area contributed by atoms with Crippen molar-refractivity contribution < 1.29 is 28.7 Å². The van der Waals surface area contributed by atoms with Crippen LogP contribution < -0.4 is 15.4 Å². The van der Waals surface area contributed by atoms with Gasteiger partial charge < -0.3 is 20.1 Å². The zero-order valence-electron chi connectivity index (χ0n) is 16.8. The van der Waals surface area contributed by atoms with E-state index in [9.17, 15) is 19.2 Å². The number of anilines is 1. The highest BCUT2D eigenvalue weighted by molar-refractivity contribution is 6.32. The van der Waals surface area contributed by atoms with Gasteiger partial charge in [-0.1, -0.05) is 31.4 Å². The summed E-state index contributed by atoms with van der Waals surface area (Å²) in [5, 5.41) is 5.62. The maximum absolute atomic E-state index is 12.8. The molecule has 1 aromatic rings. The quantitative estimate of drug-likeness (QED) is 0.521. The number of imide groups is 1. The SMILES string of the molecule is COc1ccc(NC(=O)COC(=O)CN2C(=O)NC3(CCCCC3C)C2=O)cc1Cl. The summed E-state index contributed by atoms with van der Waals surface area (Å²) in [4.78, 5) is 50.1. The Hall–Kier alpha value is -2.81. The molecule has 4 amide bonds. The molecule has 1 heterocycles. The molecule has 2 N–H and O–H groups in total. The van der Waals surface area contributed by atoms with Crippen molar-refractivity contribution >= 4 is 41.1 Å². The van der Waals surface area contributed by atoms with Gasteiger partial charge in [-0.15, -0.1) is 0 Å². The highest BCUT2D eigenvalue weighted by atomic mass is 35.5. The van der Waals surface area contributed by atoms with E-state index in [4.69, 9.17) is 21.1 Å². The molecule has 162 valence electrons. The number of ether oxygens (including phenoxy) is 2. The lowest BCUT2D eigenvalue weighted by molar-refractivity contribution is -0.150. The second-order valence-electron chi connectivity index (χ2n) is 7.50. The Morgan fingerprint density at radius 1 is 1.33 bits per heavy atom. The van der Waals surface area contributed by atoms with E-state index in [1.54, 1.807) is 12.1 Å². The van der Waals surface area contributed by atoms with E-state index in [0.717, 1.165) is 24.2 Å². The van der Waals surface area contributed by atoms with Gasteiger partial charge in [0.2, 0.25) is 0 Å². The zero-order chi connectivity index (χ0) is 21.9. The van der Waals surface area contributed by atoms with Crippen molar-refractivity contribution in [1.29, 1.82) is 0 Å². The number of nitrogens with zero attached hydrogens (tertiary/aromatic N) is 1. The van der Waals surface area contributed by atoms with Crippen LogP contribution in [-0.4, -0.2) is 54.5 Å².